The van der Waals surface area contributed by atoms with Crippen LogP contribution in [0.15, 0.2) is 18.2 Å². The van der Waals surface area contributed by atoms with Gasteiger partial charge in [0.15, 0.2) is 0 Å². The zero-order chi connectivity index (χ0) is 11.4. The quantitative estimate of drug-likeness (QED) is 0.731. The lowest BCUT2D eigenvalue weighted by atomic mass is 10.1. The molecule has 1 aliphatic rings. The first kappa shape index (κ1) is 11.1. The van der Waals surface area contributed by atoms with Gasteiger partial charge in [-0.15, -0.1) is 0 Å². The van der Waals surface area contributed by atoms with E-state index in [0.29, 0.717) is 12.2 Å². The van der Waals surface area contributed by atoms with Crippen molar-refractivity contribution in [3.05, 3.63) is 29.3 Å². The zero-order valence-corrected chi connectivity index (χ0v) is 9.44. The predicted molar refractivity (Wildman–Crippen MR) is 61.0 cm³/mol. The predicted octanol–water partition coefficient (Wildman–Crippen LogP) is 2.37. The summed E-state index contributed by atoms with van der Waals surface area (Å²) in [6.45, 7) is 3.35. The fourth-order valence-corrected chi connectivity index (χ4v) is 1.84. The van der Waals surface area contributed by atoms with Gasteiger partial charge in [-0.2, -0.15) is 0 Å². The molecule has 2 rings (SSSR count). The molecule has 0 aliphatic carbocycles. The molecule has 0 saturated carbocycles. The molecular weight excluding hydrogens is 204 g/mol. The third-order valence-corrected chi connectivity index (χ3v) is 2.83. The summed E-state index contributed by atoms with van der Waals surface area (Å²) < 4.78 is 11.1. The van der Waals surface area contributed by atoms with Gasteiger partial charge in [0.2, 0.25) is 0 Å². The molecule has 0 radical (unpaired) electrons. The molecule has 0 N–H and O–H groups in total. The van der Waals surface area contributed by atoms with Gasteiger partial charge in [-0.1, -0.05) is 0 Å². The van der Waals surface area contributed by atoms with Crippen LogP contribution in [0.2, 0.25) is 0 Å². The van der Waals surface area contributed by atoms with Crippen LogP contribution < -0.4 is 4.74 Å². The molecule has 1 aromatic carbocycles. The summed E-state index contributed by atoms with van der Waals surface area (Å²) in [5.74, 6) is 0.804. The Morgan fingerprint density at radius 2 is 2.44 bits per heavy atom. The molecule has 1 aromatic rings. The maximum absolute atomic E-state index is 10.6. The largest absolute Gasteiger partial charge is 0.491 e. The Morgan fingerprint density at radius 3 is 3.06 bits per heavy atom. The van der Waals surface area contributed by atoms with Gasteiger partial charge >= 0.3 is 0 Å². The number of hydrogen-bond acceptors (Lipinski definition) is 3. The number of aldehydes is 1. The number of benzene rings is 1. The van der Waals surface area contributed by atoms with Crippen molar-refractivity contribution in [2.45, 2.75) is 25.9 Å². The van der Waals surface area contributed by atoms with E-state index in [0.717, 1.165) is 37.0 Å². The fourth-order valence-electron chi connectivity index (χ4n) is 1.84. The summed E-state index contributed by atoms with van der Waals surface area (Å²) in [4.78, 5) is 10.6. The summed E-state index contributed by atoms with van der Waals surface area (Å²) in [6, 6.07) is 5.50. The summed E-state index contributed by atoms with van der Waals surface area (Å²) in [6.07, 6.45) is 3.29. The lowest BCUT2D eigenvalue weighted by molar-refractivity contribution is 0.0679. The molecule has 0 bridgehead atoms. The van der Waals surface area contributed by atoms with Gasteiger partial charge in [-0.05, 0) is 43.5 Å². The van der Waals surface area contributed by atoms with E-state index in [-0.39, 0.29) is 6.10 Å². The molecule has 1 saturated heterocycles. The highest BCUT2D eigenvalue weighted by molar-refractivity contribution is 5.77. The molecule has 1 unspecified atom stereocenters. The lowest BCUT2D eigenvalue weighted by Crippen LogP contribution is -2.16. The van der Waals surface area contributed by atoms with Crippen LogP contribution in [0.1, 0.15) is 28.8 Å². The maximum Gasteiger partial charge on any atom is 0.150 e. The molecule has 1 atom stereocenters. The molecule has 0 amide bonds. The minimum Gasteiger partial charge on any atom is -0.491 e. The van der Waals surface area contributed by atoms with Crippen molar-refractivity contribution in [3.8, 4) is 5.75 Å². The minimum atomic E-state index is 0.228. The SMILES string of the molecule is Cc1cc(OCC2CCCO2)ccc1C=O. The Labute approximate surface area is 95.4 Å². The van der Waals surface area contributed by atoms with E-state index in [4.69, 9.17) is 9.47 Å². The summed E-state index contributed by atoms with van der Waals surface area (Å²) in [5, 5.41) is 0. The Hall–Kier alpha value is -1.35. The van der Waals surface area contributed by atoms with Gasteiger partial charge in [0.1, 0.15) is 18.6 Å². The third kappa shape index (κ3) is 2.61. The Morgan fingerprint density at radius 1 is 1.56 bits per heavy atom. The van der Waals surface area contributed by atoms with Gasteiger partial charge in [0.25, 0.3) is 0 Å². The molecule has 3 heteroatoms. The monoisotopic (exact) mass is 220 g/mol. The van der Waals surface area contributed by atoms with E-state index in [9.17, 15) is 4.79 Å². The van der Waals surface area contributed by atoms with Crippen LogP contribution >= 0.6 is 0 Å². The maximum atomic E-state index is 10.6. The van der Waals surface area contributed by atoms with Crippen LogP contribution in [0, 0.1) is 6.92 Å². The van der Waals surface area contributed by atoms with Crippen LogP contribution in [0.25, 0.3) is 0 Å². The van der Waals surface area contributed by atoms with E-state index in [1.54, 1.807) is 6.07 Å². The highest BCUT2D eigenvalue weighted by Gasteiger charge is 2.15. The molecule has 1 fully saturated rings. The van der Waals surface area contributed by atoms with Gasteiger partial charge < -0.3 is 9.47 Å². The van der Waals surface area contributed by atoms with E-state index < -0.39 is 0 Å². The molecule has 0 aromatic heterocycles. The van der Waals surface area contributed by atoms with Crippen molar-refractivity contribution in [1.29, 1.82) is 0 Å². The molecule has 86 valence electrons. The number of aryl methyl sites for hydroxylation is 1. The first-order valence-electron chi connectivity index (χ1n) is 5.60. The second-order valence-corrected chi connectivity index (χ2v) is 4.08. The Balaban J connectivity index is 1.93. The normalized spacial score (nSPS) is 19.7. The van der Waals surface area contributed by atoms with Crippen molar-refractivity contribution in [2.75, 3.05) is 13.2 Å². The summed E-state index contributed by atoms with van der Waals surface area (Å²) in [5.41, 5.74) is 1.66. The van der Waals surface area contributed by atoms with E-state index >= 15 is 0 Å². The topological polar surface area (TPSA) is 35.5 Å². The number of ether oxygens (including phenoxy) is 2. The number of carbonyl (C=O) groups is 1. The Kier molecular flexibility index (Phi) is 3.57. The highest BCUT2D eigenvalue weighted by Crippen LogP contribution is 2.18. The van der Waals surface area contributed by atoms with Crippen LogP contribution in [0.4, 0.5) is 0 Å². The van der Waals surface area contributed by atoms with E-state index in [2.05, 4.69) is 0 Å². The molecule has 0 spiro atoms. The standard InChI is InChI=1S/C13H16O3/c1-10-7-12(5-4-11(10)8-14)16-9-13-3-2-6-15-13/h4-5,7-8,13H,2-3,6,9H2,1H3. The second-order valence-electron chi connectivity index (χ2n) is 4.08. The van der Waals surface area contributed by atoms with Crippen LogP contribution in [0.5, 0.6) is 5.75 Å². The molecule has 16 heavy (non-hydrogen) atoms. The minimum absolute atomic E-state index is 0.228. The average molecular weight is 220 g/mol. The lowest BCUT2D eigenvalue weighted by Gasteiger charge is -2.12. The molecule has 3 nitrogen and oxygen atoms in total. The molecule has 1 aliphatic heterocycles. The van der Waals surface area contributed by atoms with Crippen LogP contribution in [-0.2, 0) is 4.74 Å². The fraction of sp³-hybridized carbons (Fsp3) is 0.462. The van der Waals surface area contributed by atoms with Crippen LogP contribution in [0.3, 0.4) is 0 Å². The molecular formula is C13H16O3. The Bertz CT molecular complexity index is 367. The van der Waals surface area contributed by atoms with E-state index in [1.165, 1.54) is 0 Å². The smallest absolute Gasteiger partial charge is 0.150 e. The van der Waals surface area contributed by atoms with Gasteiger partial charge in [-0.25, -0.2) is 0 Å². The van der Waals surface area contributed by atoms with Crippen molar-refractivity contribution in [3.63, 3.8) is 0 Å². The first-order chi connectivity index (χ1) is 7.79. The third-order valence-electron chi connectivity index (χ3n) is 2.83. The number of hydrogen-bond donors (Lipinski definition) is 0. The zero-order valence-electron chi connectivity index (χ0n) is 9.44. The first-order valence-corrected chi connectivity index (χ1v) is 5.60. The number of carbonyl (C=O) groups excluding carboxylic acids is 1. The van der Waals surface area contributed by atoms with Gasteiger partial charge in [0.05, 0.1) is 6.10 Å². The number of rotatable bonds is 4. The van der Waals surface area contributed by atoms with Crippen molar-refractivity contribution >= 4 is 6.29 Å². The van der Waals surface area contributed by atoms with Crippen molar-refractivity contribution in [1.82, 2.24) is 0 Å². The van der Waals surface area contributed by atoms with Crippen molar-refractivity contribution < 1.29 is 14.3 Å². The van der Waals surface area contributed by atoms with Crippen LogP contribution in [-0.4, -0.2) is 25.6 Å². The van der Waals surface area contributed by atoms with Gasteiger partial charge in [-0.3, -0.25) is 4.79 Å². The van der Waals surface area contributed by atoms with E-state index in [1.807, 2.05) is 19.1 Å². The molecule has 1 heterocycles. The average Bonchev–Trinajstić information content (AvgIpc) is 2.79. The second kappa shape index (κ2) is 5.12. The van der Waals surface area contributed by atoms with Crippen molar-refractivity contribution in [2.24, 2.45) is 0 Å². The highest BCUT2D eigenvalue weighted by atomic mass is 16.5. The van der Waals surface area contributed by atoms with Gasteiger partial charge in [0, 0.05) is 12.2 Å². The summed E-state index contributed by atoms with van der Waals surface area (Å²) >= 11 is 0. The summed E-state index contributed by atoms with van der Waals surface area (Å²) in [7, 11) is 0.